The van der Waals surface area contributed by atoms with Crippen LogP contribution in [0.15, 0.2) is 91.0 Å². The second-order valence-corrected chi connectivity index (χ2v) is 7.65. The van der Waals surface area contributed by atoms with E-state index in [2.05, 4.69) is 95.6 Å². The van der Waals surface area contributed by atoms with Crippen molar-refractivity contribution in [1.29, 1.82) is 0 Å². The highest BCUT2D eigenvalue weighted by molar-refractivity contribution is 7.27. The van der Waals surface area contributed by atoms with E-state index >= 15 is 0 Å². The molecule has 0 aliphatic heterocycles. The number of hydrogen-bond acceptors (Lipinski definition) is 1. The summed E-state index contributed by atoms with van der Waals surface area (Å²) in [6.45, 7) is 0. The molecule has 26 heavy (non-hydrogen) atoms. The van der Waals surface area contributed by atoms with Crippen molar-refractivity contribution in [1.82, 2.24) is 4.57 Å². The molecule has 2 aromatic heterocycles. The Morgan fingerprint density at radius 1 is 0.538 bits per heavy atom. The first kappa shape index (κ1) is 14.1. The van der Waals surface area contributed by atoms with Crippen LogP contribution in [0.4, 0.5) is 0 Å². The maximum absolute atomic E-state index is 2.41. The van der Waals surface area contributed by atoms with E-state index in [4.69, 9.17) is 0 Å². The minimum Gasteiger partial charge on any atom is -0.308 e. The maximum atomic E-state index is 2.41. The predicted molar refractivity (Wildman–Crippen MR) is 114 cm³/mol. The van der Waals surface area contributed by atoms with Crippen LogP contribution in [0.1, 0.15) is 0 Å². The van der Waals surface area contributed by atoms with Gasteiger partial charge in [0.2, 0.25) is 0 Å². The van der Waals surface area contributed by atoms with Gasteiger partial charge in [0, 0.05) is 21.2 Å². The SMILES string of the molecule is c1ccc(-n2c3ccccc3c3sc4c5ccccc5ccc4c32)cc1. The highest BCUT2D eigenvalue weighted by Gasteiger charge is 2.18. The minimum absolute atomic E-state index is 1.21. The molecule has 6 rings (SSSR count). The summed E-state index contributed by atoms with van der Waals surface area (Å²) in [6.07, 6.45) is 0. The normalized spacial score (nSPS) is 11.8. The summed E-state index contributed by atoms with van der Waals surface area (Å²) in [5.41, 5.74) is 3.81. The number of para-hydroxylation sites is 2. The molecule has 0 saturated heterocycles. The summed E-state index contributed by atoms with van der Waals surface area (Å²) >= 11 is 1.92. The second-order valence-electron chi connectivity index (χ2n) is 6.63. The van der Waals surface area contributed by atoms with Gasteiger partial charge in [0.05, 0.1) is 15.7 Å². The van der Waals surface area contributed by atoms with Crippen molar-refractivity contribution in [3.63, 3.8) is 0 Å². The number of rotatable bonds is 1. The number of thiophene rings is 1. The lowest BCUT2D eigenvalue weighted by Crippen LogP contribution is -1.92. The van der Waals surface area contributed by atoms with Gasteiger partial charge >= 0.3 is 0 Å². The van der Waals surface area contributed by atoms with Crippen molar-refractivity contribution in [3.05, 3.63) is 91.0 Å². The van der Waals surface area contributed by atoms with Gasteiger partial charge in [-0.05, 0) is 29.0 Å². The lowest BCUT2D eigenvalue weighted by Gasteiger charge is -2.08. The molecule has 2 heteroatoms. The summed E-state index contributed by atoms with van der Waals surface area (Å²) in [7, 11) is 0. The Balaban J connectivity index is 1.89. The van der Waals surface area contributed by atoms with E-state index in [9.17, 15) is 0 Å². The number of aromatic nitrogens is 1. The van der Waals surface area contributed by atoms with Crippen LogP contribution in [-0.4, -0.2) is 4.57 Å². The summed E-state index contributed by atoms with van der Waals surface area (Å²) < 4.78 is 5.16. The fourth-order valence-electron chi connectivity index (χ4n) is 4.04. The fourth-order valence-corrected chi connectivity index (χ4v) is 5.40. The first-order valence-corrected chi connectivity index (χ1v) is 9.62. The predicted octanol–water partition coefficient (Wildman–Crippen LogP) is 7.15. The average Bonchev–Trinajstić information content (AvgIpc) is 3.24. The van der Waals surface area contributed by atoms with E-state index in [-0.39, 0.29) is 0 Å². The summed E-state index contributed by atoms with van der Waals surface area (Å²) in [4.78, 5) is 0. The number of fused-ring (bicyclic) bond motifs is 7. The largest absolute Gasteiger partial charge is 0.308 e. The minimum atomic E-state index is 1.21. The molecule has 122 valence electrons. The van der Waals surface area contributed by atoms with Gasteiger partial charge in [-0.3, -0.25) is 0 Å². The van der Waals surface area contributed by atoms with Crippen LogP contribution in [0.3, 0.4) is 0 Å². The Hall–Kier alpha value is -3.10. The van der Waals surface area contributed by atoms with Gasteiger partial charge in [-0.1, -0.05) is 72.8 Å². The quantitative estimate of drug-likeness (QED) is 0.297. The molecule has 0 fully saturated rings. The van der Waals surface area contributed by atoms with Gasteiger partial charge in [0.1, 0.15) is 0 Å². The molecular formula is C24H15NS. The van der Waals surface area contributed by atoms with Crippen LogP contribution < -0.4 is 0 Å². The Labute approximate surface area is 154 Å². The number of benzene rings is 4. The Morgan fingerprint density at radius 2 is 1.27 bits per heavy atom. The van der Waals surface area contributed by atoms with E-state index in [1.165, 1.54) is 47.7 Å². The van der Waals surface area contributed by atoms with Gasteiger partial charge in [-0.15, -0.1) is 11.3 Å². The highest BCUT2D eigenvalue weighted by atomic mass is 32.1. The van der Waals surface area contributed by atoms with E-state index in [0.29, 0.717) is 0 Å². The van der Waals surface area contributed by atoms with Crippen LogP contribution >= 0.6 is 11.3 Å². The van der Waals surface area contributed by atoms with Crippen LogP contribution in [-0.2, 0) is 0 Å². The monoisotopic (exact) mass is 349 g/mol. The molecule has 0 amide bonds. The molecule has 0 radical (unpaired) electrons. The molecule has 2 heterocycles. The lowest BCUT2D eigenvalue weighted by molar-refractivity contribution is 1.19. The average molecular weight is 349 g/mol. The zero-order chi connectivity index (χ0) is 17.1. The molecule has 1 nitrogen and oxygen atoms in total. The summed E-state index contributed by atoms with van der Waals surface area (Å²) in [5, 5.41) is 5.31. The van der Waals surface area contributed by atoms with Crippen LogP contribution in [0.5, 0.6) is 0 Å². The van der Waals surface area contributed by atoms with Crippen molar-refractivity contribution >= 4 is 53.3 Å². The van der Waals surface area contributed by atoms with Gasteiger partial charge in [0.15, 0.2) is 0 Å². The van der Waals surface area contributed by atoms with Gasteiger partial charge in [-0.2, -0.15) is 0 Å². The Morgan fingerprint density at radius 3 is 2.15 bits per heavy atom. The molecule has 0 atom stereocenters. The third-order valence-corrected chi connectivity index (χ3v) is 6.44. The molecule has 0 unspecified atom stereocenters. The van der Waals surface area contributed by atoms with Gasteiger partial charge < -0.3 is 4.57 Å². The van der Waals surface area contributed by atoms with Crippen molar-refractivity contribution in [3.8, 4) is 5.69 Å². The van der Waals surface area contributed by atoms with Crippen molar-refractivity contribution < 1.29 is 0 Å². The van der Waals surface area contributed by atoms with E-state index in [0.717, 1.165) is 0 Å². The molecule has 4 aromatic carbocycles. The molecule has 0 aliphatic carbocycles. The van der Waals surface area contributed by atoms with Crippen molar-refractivity contribution in [2.45, 2.75) is 0 Å². The zero-order valence-electron chi connectivity index (χ0n) is 14.0. The van der Waals surface area contributed by atoms with E-state index in [1.54, 1.807) is 0 Å². The first-order chi connectivity index (χ1) is 12.9. The molecule has 0 aliphatic rings. The third kappa shape index (κ3) is 1.80. The highest BCUT2D eigenvalue weighted by Crippen LogP contribution is 2.44. The summed E-state index contributed by atoms with van der Waals surface area (Å²) in [6, 6.07) is 32.6. The van der Waals surface area contributed by atoms with Crippen LogP contribution in [0.2, 0.25) is 0 Å². The molecular weight excluding hydrogens is 334 g/mol. The molecule has 6 aromatic rings. The van der Waals surface area contributed by atoms with Crippen molar-refractivity contribution in [2.75, 3.05) is 0 Å². The van der Waals surface area contributed by atoms with Gasteiger partial charge in [-0.25, -0.2) is 0 Å². The molecule has 0 N–H and O–H groups in total. The number of nitrogens with zero attached hydrogens (tertiary/aromatic N) is 1. The topological polar surface area (TPSA) is 4.93 Å². The Kier molecular flexibility index (Phi) is 2.82. The smallest absolute Gasteiger partial charge is 0.0727 e. The standard InChI is InChI=1S/C24H15NS/c1-2-9-17(10-3-1)25-21-13-7-6-12-19(21)24-22(25)20-15-14-16-8-4-5-11-18(16)23(20)26-24/h1-15H. The first-order valence-electron chi connectivity index (χ1n) is 8.81. The van der Waals surface area contributed by atoms with Crippen molar-refractivity contribution in [2.24, 2.45) is 0 Å². The van der Waals surface area contributed by atoms with Crippen LogP contribution in [0, 0.1) is 0 Å². The van der Waals surface area contributed by atoms with Crippen LogP contribution in [0.25, 0.3) is 47.7 Å². The Bertz CT molecular complexity index is 1420. The summed E-state index contributed by atoms with van der Waals surface area (Å²) in [5.74, 6) is 0. The van der Waals surface area contributed by atoms with E-state index < -0.39 is 0 Å². The third-order valence-electron chi connectivity index (χ3n) is 5.18. The van der Waals surface area contributed by atoms with E-state index in [1.807, 2.05) is 11.3 Å². The fraction of sp³-hybridized carbons (Fsp3) is 0. The zero-order valence-corrected chi connectivity index (χ0v) is 14.8. The lowest BCUT2D eigenvalue weighted by atomic mass is 10.1. The molecule has 0 saturated carbocycles. The molecule has 0 bridgehead atoms. The molecule has 0 spiro atoms. The second kappa shape index (κ2) is 5.20. The maximum Gasteiger partial charge on any atom is 0.0727 e. The number of hydrogen-bond donors (Lipinski definition) is 0. The van der Waals surface area contributed by atoms with Gasteiger partial charge in [0.25, 0.3) is 0 Å².